The molecular weight excluding hydrogens is 465 g/mol. The van der Waals surface area contributed by atoms with Crippen LogP contribution in [0.15, 0.2) is 48.5 Å². The van der Waals surface area contributed by atoms with Crippen LogP contribution in [0, 0.1) is 0 Å². The fourth-order valence-electron chi connectivity index (χ4n) is 2.56. The first-order valence-electron chi connectivity index (χ1n) is 9.21. The van der Waals surface area contributed by atoms with Gasteiger partial charge in [-0.2, -0.15) is 25.8 Å². The fourth-order valence-corrected chi connectivity index (χ4v) is 3.07. The van der Waals surface area contributed by atoms with E-state index in [9.17, 15) is 22.8 Å². The van der Waals surface area contributed by atoms with E-state index < -0.39 is 35.2 Å². The van der Waals surface area contributed by atoms with Gasteiger partial charge in [-0.3, -0.25) is 20.4 Å². The van der Waals surface area contributed by atoms with Crippen LogP contribution in [-0.2, 0) is 15.8 Å². The van der Waals surface area contributed by atoms with E-state index in [0.717, 1.165) is 11.8 Å². The molecule has 0 aromatic heterocycles. The first kappa shape index (κ1) is 25.3. The van der Waals surface area contributed by atoms with Gasteiger partial charge in [0.15, 0.2) is 5.11 Å². The number of alkyl halides is 3. The third-order valence-electron chi connectivity index (χ3n) is 4.00. The number of amides is 1. The number of carbonyl (C=O) groups is 2. The van der Waals surface area contributed by atoms with Gasteiger partial charge in [0.05, 0.1) is 30.2 Å². The molecule has 0 radical (unpaired) electrons. The topological polar surface area (TPSA) is 91.5 Å². The largest absolute Gasteiger partial charge is 0.497 e. The first-order chi connectivity index (χ1) is 15.1. The second kappa shape index (κ2) is 11.6. The molecule has 0 aliphatic rings. The van der Waals surface area contributed by atoms with E-state index in [1.54, 1.807) is 31.4 Å². The number of hydrogen-bond acceptors (Lipinski definition) is 6. The van der Waals surface area contributed by atoms with E-state index in [2.05, 4.69) is 34.1 Å². The molecule has 32 heavy (non-hydrogen) atoms. The number of nitrogens with one attached hydrogen (secondary N) is 4. The Balaban J connectivity index is 1.76. The van der Waals surface area contributed by atoms with Gasteiger partial charge < -0.3 is 15.4 Å². The number of carbonyl (C=O) groups excluding carboxylic acids is 2. The number of ketones is 1. The third-order valence-corrected chi connectivity index (χ3v) is 4.51. The smallest absolute Gasteiger partial charge is 0.418 e. The van der Waals surface area contributed by atoms with E-state index >= 15 is 0 Å². The number of rotatable bonds is 8. The summed E-state index contributed by atoms with van der Waals surface area (Å²) in [4.78, 5) is 24.0. The summed E-state index contributed by atoms with van der Waals surface area (Å²) < 4.78 is 44.1. The molecule has 2 rings (SSSR count). The normalized spacial score (nSPS) is 11.8. The average molecular weight is 487 g/mol. The average Bonchev–Trinajstić information content (AvgIpc) is 2.72. The van der Waals surface area contributed by atoms with Crippen LogP contribution >= 0.6 is 24.8 Å². The number of anilines is 2. The van der Waals surface area contributed by atoms with Gasteiger partial charge in [0, 0.05) is 12.1 Å². The maximum Gasteiger partial charge on any atom is 0.418 e. The van der Waals surface area contributed by atoms with Gasteiger partial charge in [0.1, 0.15) is 11.5 Å². The Hall–Kier alpha value is -2.99. The van der Waals surface area contributed by atoms with Crippen LogP contribution in [0.1, 0.15) is 18.4 Å². The molecule has 0 fully saturated rings. The molecule has 0 spiro atoms. The lowest BCUT2D eigenvalue weighted by molar-refractivity contribution is -0.137. The summed E-state index contributed by atoms with van der Waals surface area (Å²) >= 11 is 9.18. The van der Waals surface area contributed by atoms with Crippen LogP contribution in [0.2, 0.25) is 0 Å². The number of benzene rings is 2. The van der Waals surface area contributed by atoms with E-state index in [1.807, 2.05) is 0 Å². The summed E-state index contributed by atoms with van der Waals surface area (Å²) in [7, 11) is 1.55. The number of ether oxygens (including phenoxy) is 1. The molecule has 1 amide bonds. The Labute approximate surface area is 193 Å². The standard InChI is InChI=1S/C20H21F3N4O3S2/c1-30-14-8-6-12(7-9-14)24-18(31)11-13(28)10-17(29)26-27-19(32)25-16-5-3-2-4-15(16)20(21,22)23/h2-9,18,24,31H,10-11H2,1H3,(H,26,29)(H2,25,27,32). The van der Waals surface area contributed by atoms with Gasteiger partial charge in [-0.25, -0.2) is 0 Å². The van der Waals surface area contributed by atoms with Crippen molar-refractivity contribution in [2.24, 2.45) is 0 Å². The van der Waals surface area contributed by atoms with Crippen LogP contribution < -0.4 is 26.2 Å². The Morgan fingerprint density at radius 2 is 1.75 bits per heavy atom. The van der Waals surface area contributed by atoms with E-state index in [-0.39, 0.29) is 17.2 Å². The number of halogens is 3. The second-order valence-electron chi connectivity index (χ2n) is 6.48. The molecule has 7 nitrogen and oxygen atoms in total. The van der Waals surface area contributed by atoms with Crippen molar-refractivity contribution in [2.75, 3.05) is 17.7 Å². The number of Topliss-reactive ketones (excluding diaryl/α,β-unsaturated/α-hetero) is 1. The molecule has 4 N–H and O–H groups in total. The van der Waals surface area contributed by atoms with Crippen molar-refractivity contribution in [3.8, 4) is 5.75 Å². The highest BCUT2D eigenvalue weighted by atomic mass is 32.1. The quantitative estimate of drug-likeness (QED) is 0.128. The molecule has 172 valence electrons. The molecule has 0 bridgehead atoms. The van der Waals surface area contributed by atoms with E-state index in [4.69, 9.17) is 17.0 Å². The van der Waals surface area contributed by atoms with Crippen molar-refractivity contribution in [3.05, 3.63) is 54.1 Å². The second-order valence-corrected chi connectivity index (χ2v) is 7.51. The minimum absolute atomic E-state index is 0.0375. The zero-order chi connectivity index (χ0) is 23.7. The van der Waals surface area contributed by atoms with Crippen LogP contribution in [0.3, 0.4) is 0 Å². The maximum atomic E-state index is 13.0. The molecule has 2 aromatic rings. The number of methoxy groups -OCH3 is 1. The van der Waals surface area contributed by atoms with Gasteiger partial charge in [0.2, 0.25) is 5.91 Å². The Bertz CT molecular complexity index is 956. The third kappa shape index (κ3) is 8.27. The van der Waals surface area contributed by atoms with Gasteiger partial charge in [0.25, 0.3) is 0 Å². The zero-order valence-electron chi connectivity index (χ0n) is 16.8. The monoisotopic (exact) mass is 486 g/mol. The van der Waals surface area contributed by atoms with Gasteiger partial charge >= 0.3 is 6.18 Å². The SMILES string of the molecule is COc1ccc(NC(S)CC(=O)CC(=O)NNC(=S)Nc2ccccc2C(F)(F)F)cc1. The minimum atomic E-state index is -4.57. The highest BCUT2D eigenvalue weighted by molar-refractivity contribution is 7.81. The molecule has 0 saturated heterocycles. The highest BCUT2D eigenvalue weighted by Gasteiger charge is 2.33. The Morgan fingerprint density at radius 1 is 1.09 bits per heavy atom. The number of para-hydroxylation sites is 1. The molecule has 0 aliphatic heterocycles. The fraction of sp³-hybridized carbons (Fsp3) is 0.250. The summed E-state index contributed by atoms with van der Waals surface area (Å²) in [6.45, 7) is 0. The number of thiol groups is 1. The molecule has 1 atom stereocenters. The Morgan fingerprint density at radius 3 is 2.38 bits per heavy atom. The van der Waals surface area contributed by atoms with Crippen molar-refractivity contribution >= 4 is 53.0 Å². The van der Waals surface area contributed by atoms with E-state index in [1.165, 1.54) is 18.2 Å². The van der Waals surface area contributed by atoms with Crippen LogP contribution in [0.5, 0.6) is 5.75 Å². The zero-order valence-corrected chi connectivity index (χ0v) is 18.5. The highest BCUT2D eigenvalue weighted by Crippen LogP contribution is 2.34. The lowest BCUT2D eigenvalue weighted by Gasteiger charge is -2.16. The van der Waals surface area contributed by atoms with Crippen LogP contribution in [-0.4, -0.2) is 29.3 Å². The van der Waals surface area contributed by atoms with Crippen molar-refractivity contribution < 1.29 is 27.5 Å². The summed E-state index contributed by atoms with van der Waals surface area (Å²) in [5, 5.41) is 4.58. The van der Waals surface area contributed by atoms with Crippen molar-refractivity contribution in [3.63, 3.8) is 0 Å². The van der Waals surface area contributed by atoms with Crippen LogP contribution in [0.25, 0.3) is 0 Å². The van der Waals surface area contributed by atoms with Crippen LogP contribution in [0.4, 0.5) is 24.5 Å². The predicted molar refractivity (Wildman–Crippen MR) is 123 cm³/mol. The number of hydrogen-bond donors (Lipinski definition) is 5. The molecule has 0 aliphatic carbocycles. The maximum absolute atomic E-state index is 13.0. The lowest BCUT2D eigenvalue weighted by Crippen LogP contribution is -2.44. The molecular formula is C20H21F3N4O3S2. The molecule has 12 heteroatoms. The first-order valence-corrected chi connectivity index (χ1v) is 10.1. The molecule has 0 saturated carbocycles. The van der Waals surface area contributed by atoms with Crippen molar-refractivity contribution in [2.45, 2.75) is 24.4 Å². The van der Waals surface area contributed by atoms with Crippen molar-refractivity contribution in [1.29, 1.82) is 0 Å². The van der Waals surface area contributed by atoms with E-state index in [0.29, 0.717) is 5.75 Å². The van der Waals surface area contributed by atoms with Gasteiger partial charge in [-0.15, -0.1) is 0 Å². The molecule has 1 unspecified atom stereocenters. The number of hydrazine groups is 1. The Kier molecular flexibility index (Phi) is 9.14. The number of thiocarbonyl (C=S) groups is 1. The van der Waals surface area contributed by atoms with Gasteiger partial charge in [-0.1, -0.05) is 12.1 Å². The summed E-state index contributed by atoms with van der Waals surface area (Å²) in [6, 6.07) is 11.8. The molecule has 2 aromatic carbocycles. The summed E-state index contributed by atoms with van der Waals surface area (Å²) in [5.41, 5.74) is 3.99. The summed E-state index contributed by atoms with van der Waals surface area (Å²) in [5.74, 6) is -0.416. The van der Waals surface area contributed by atoms with Crippen molar-refractivity contribution in [1.82, 2.24) is 10.9 Å². The summed E-state index contributed by atoms with van der Waals surface area (Å²) in [6.07, 6.45) is -5.07. The minimum Gasteiger partial charge on any atom is -0.497 e. The predicted octanol–water partition coefficient (Wildman–Crippen LogP) is 3.75. The molecule has 0 heterocycles. The lowest BCUT2D eigenvalue weighted by atomic mass is 10.2. The van der Waals surface area contributed by atoms with Gasteiger partial charge in [-0.05, 0) is 48.6 Å².